The van der Waals surface area contributed by atoms with Gasteiger partial charge in [-0.3, -0.25) is 0 Å². The van der Waals surface area contributed by atoms with E-state index >= 15 is 0 Å². The van der Waals surface area contributed by atoms with E-state index in [2.05, 4.69) is 10.2 Å². The van der Waals surface area contributed by atoms with Crippen molar-refractivity contribution in [3.63, 3.8) is 0 Å². The molecule has 0 aliphatic carbocycles. The van der Waals surface area contributed by atoms with Crippen molar-refractivity contribution in [1.29, 1.82) is 0 Å². The fraction of sp³-hybridized carbons (Fsp3) is 0.235. The van der Waals surface area contributed by atoms with E-state index in [4.69, 9.17) is 0 Å². The molecule has 0 saturated carbocycles. The zero-order chi connectivity index (χ0) is 16.2. The van der Waals surface area contributed by atoms with Crippen molar-refractivity contribution in [2.75, 3.05) is 36.4 Å². The van der Waals surface area contributed by atoms with Gasteiger partial charge in [-0.25, -0.2) is 13.6 Å². The van der Waals surface area contributed by atoms with E-state index in [0.29, 0.717) is 26.2 Å². The van der Waals surface area contributed by atoms with Crippen molar-refractivity contribution >= 4 is 17.4 Å². The molecule has 0 atom stereocenters. The Hall–Kier alpha value is -2.63. The summed E-state index contributed by atoms with van der Waals surface area (Å²) < 4.78 is 27.2. The number of hydrogen-bond donors (Lipinski definition) is 1. The van der Waals surface area contributed by atoms with Crippen molar-refractivity contribution in [1.82, 2.24) is 4.90 Å². The lowest BCUT2D eigenvalue weighted by molar-refractivity contribution is 0.208. The number of amides is 2. The maximum absolute atomic E-state index is 13.6. The van der Waals surface area contributed by atoms with Gasteiger partial charge in [0.05, 0.1) is 0 Å². The van der Waals surface area contributed by atoms with Gasteiger partial charge >= 0.3 is 6.03 Å². The Morgan fingerprint density at radius 1 is 0.870 bits per heavy atom. The van der Waals surface area contributed by atoms with Crippen LogP contribution in [-0.4, -0.2) is 37.1 Å². The van der Waals surface area contributed by atoms with Crippen molar-refractivity contribution in [3.8, 4) is 0 Å². The standard InChI is InChI=1S/C17H17F2N3O/c18-14-7-4-8-15(19)16(14)20-17(23)22-11-9-21(10-12-22)13-5-2-1-3-6-13/h1-8H,9-12H2,(H,20,23). The summed E-state index contributed by atoms with van der Waals surface area (Å²) in [6.07, 6.45) is 0. The molecule has 23 heavy (non-hydrogen) atoms. The Bertz CT molecular complexity index is 665. The molecule has 0 aromatic heterocycles. The number of hydrogen-bond acceptors (Lipinski definition) is 2. The molecule has 120 valence electrons. The van der Waals surface area contributed by atoms with E-state index in [9.17, 15) is 13.6 Å². The third-order valence-electron chi connectivity index (χ3n) is 3.88. The van der Waals surface area contributed by atoms with E-state index < -0.39 is 23.4 Å². The summed E-state index contributed by atoms with van der Waals surface area (Å²) in [5, 5.41) is 2.32. The van der Waals surface area contributed by atoms with Crippen molar-refractivity contribution in [3.05, 3.63) is 60.2 Å². The van der Waals surface area contributed by atoms with Crippen LogP contribution >= 0.6 is 0 Å². The first-order valence-corrected chi connectivity index (χ1v) is 7.45. The molecule has 2 aromatic carbocycles. The Morgan fingerprint density at radius 2 is 1.48 bits per heavy atom. The number of carbonyl (C=O) groups excluding carboxylic acids is 1. The Labute approximate surface area is 133 Å². The van der Waals surface area contributed by atoms with E-state index in [1.165, 1.54) is 6.07 Å². The summed E-state index contributed by atoms with van der Waals surface area (Å²) >= 11 is 0. The number of nitrogens with one attached hydrogen (secondary N) is 1. The van der Waals surface area contributed by atoms with Gasteiger partial charge in [-0.2, -0.15) is 0 Å². The number of rotatable bonds is 2. The zero-order valence-electron chi connectivity index (χ0n) is 12.5. The zero-order valence-corrected chi connectivity index (χ0v) is 12.5. The van der Waals surface area contributed by atoms with E-state index in [1.54, 1.807) is 4.90 Å². The van der Waals surface area contributed by atoms with Crippen molar-refractivity contribution in [2.45, 2.75) is 0 Å². The van der Waals surface area contributed by atoms with Crippen LogP contribution in [-0.2, 0) is 0 Å². The van der Waals surface area contributed by atoms with Gasteiger partial charge in [-0.05, 0) is 24.3 Å². The van der Waals surface area contributed by atoms with Gasteiger partial charge in [0.2, 0.25) is 0 Å². The molecule has 1 saturated heterocycles. The summed E-state index contributed by atoms with van der Waals surface area (Å²) in [6.45, 7) is 2.35. The minimum atomic E-state index is -0.777. The molecular formula is C17H17F2N3O. The van der Waals surface area contributed by atoms with Crippen LogP contribution in [0, 0.1) is 11.6 Å². The maximum atomic E-state index is 13.6. The normalized spacial score (nSPS) is 14.7. The fourth-order valence-electron chi connectivity index (χ4n) is 2.61. The maximum Gasteiger partial charge on any atom is 0.322 e. The number of para-hydroxylation sites is 2. The molecule has 0 spiro atoms. The third-order valence-corrected chi connectivity index (χ3v) is 3.88. The number of anilines is 2. The van der Waals surface area contributed by atoms with Gasteiger partial charge < -0.3 is 15.1 Å². The molecule has 3 rings (SSSR count). The van der Waals surface area contributed by atoms with Gasteiger partial charge in [-0.1, -0.05) is 24.3 Å². The Balaban J connectivity index is 1.60. The van der Waals surface area contributed by atoms with Gasteiger partial charge in [0.1, 0.15) is 17.3 Å². The van der Waals surface area contributed by atoms with Crippen molar-refractivity contribution < 1.29 is 13.6 Å². The second-order valence-electron chi connectivity index (χ2n) is 5.34. The van der Waals surface area contributed by atoms with E-state index in [-0.39, 0.29) is 0 Å². The number of piperazine rings is 1. The van der Waals surface area contributed by atoms with E-state index in [1.807, 2.05) is 30.3 Å². The molecule has 1 fully saturated rings. The molecular weight excluding hydrogens is 300 g/mol. The highest BCUT2D eigenvalue weighted by molar-refractivity contribution is 5.89. The molecule has 6 heteroatoms. The third kappa shape index (κ3) is 3.41. The number of urea groups is 1. The molecule has 2 amide bonds. The Morgan fingerprint density at radius 3 is 2.09 bits per heavy atom. The summed E-state index contributed by atoms with van der Waals surface area (Å²) in [5.74, 6) is -1.55. The molecule has 0 bridgehead atoms. The summed E-state index contributed by atoms with van der Waals surface area (Å²) in [6, 6.07) is 12.9. The number of carbonyl (C=O) groups is 1. The van der Waals surface area contributed by atoms with Gasteiger partial charge in [0.25, 0.3) is 0 Å². The fourth-order valence-corrected chi connectivity index (χ4v) is 2.61. The molecule has 1 N–H and O–H groups in total. The molecule has 1 heterocycles. The van der Waals surface area contributed by atoms with Gasteiger partial charge in [0.15, 0.2) is 0 Å². The lowest BCUT2D eigenvalue weighted by atomic mass is 10.2. The predicted octanol–water partition coefficient (Wildman–Crippen LogP) is 3.32. The predicted molar refractivity (Wildman–Crippen MR) is 85.6 cm³/mol. The SMILES string of the molecule is O=C(Nc1c(F)cccc1F)N1CCN(c2ccccc2)CC1. The van der Waals surface area contributed by atoms with Crippen LogP contribution < -0.4 is 10.2 Å². The summed E-state index contributed by atoms with van der Waals surface area (Å²) in [4.78, 5) is 15.9. The van der Waals surface area contributed by atoms with Crippen LogP contribution in [0.25, 0.3) is 0 Å². The molecule has 4 nitrogen and oxygen atoms in total. The summed E-state index contributed by atoms with van der Waals surface area (Å²) in [7, 11) is 0. The van der Waals surface area contributed by atoms with Gasteiger partial charge in [-0.15, -0.1) is 0 Å². The molecule has 0 unspecified atom stereocenters. The first-order valence-electron chi connectivity index (χ1n) is 7.45. The lowest BCUT2D eigenvalue weighted by Crippen LogP contribution is -2.50. The van der Waals surface area contributed by atoms with Crippen LogP contribution in [0.2, 0.25) is 0 Å². The highest BCUT2D eigenvalue weighted by Gasteiger charge is 2.22. The average molecular weight is 317 g/mol. The van der Waals surface area contributed by atoms with Crippen LogP contribution in [0.3, 0.4) is 0 Å². The topological polar surface area (TPSA) is 35.6 Å². The number of nitrogens with zero attached hydrogens (tertiary/aromatic N) is 2. The lowest BCUT2D eigenvalue weighted by Gasteiger charge is -2.36. The van der Waals surface area contributed by atoms with Crippen LogP contribution in [0.1, 0.15) is 0 Å². The Kier molecular flexibility index (Phi) is 4.41. The highest BCUT2D eigenvalue weighted by Crippen LogP contribution is 2.20. The second-order valence-corrected chi connectivity index (χ2v) is 5.34. The number of benzene rings is 2. The van der Waals surface area contributed by atoms with Gasteiger partial charge in [0, 0.05) is 31.9 Å². The smallest absolute Gasteiger partial charge is 0.322 e. The minimum absolute atomic E-state index is 0.400. The van der Waals surface area contributed by atoms with Crippen molar-refractivity contribution in [2.24, 2.45) is 0 Å². The average Bonchev–Trinajstić information content (AvgIpc) is 2.59. The molecule has 2 aromatic rings. The molecule has 1 aliphatic heterocycles. The monoisotopic (exact) mass is 317 g/mol. The van der Waals surface area contributed by atoms with Crippen LogP contribution in [0.15, 0.2) is 48.5 Å². The second kappa shape index (κ2) is 6.64. The molecule has 0 radical (unpaired) electrons. The first-order chi connectivity index (χ1) is 11.1. The van der Waals surface area contributed by atoms with Crippen LogP contribution in [0.4, 0.5) is 25.0 Å². The minimum Gasteiger partial charge on any atom is -0.368 e. The molecule has 1 aliphatic rings. The first kappa shape index (κ1) is 15.3. The summed E-state index contributed by atoms with van der Waals surface area (Å²) in [5.41, 5.74) is 0.704. The van der Waals surface area contributed by atoms with Crippen LogP contribution in [0.5, 0.6) is 0 Å². The highest BCUT2D eigenvalue weighted by atomic mass is 19.1. The van der Waals surface area contributed by atoms with E-state index in [0.717, 1.165) is 17.8 Å². The quantitative estimate of drug-likeness (QED) is 0.922. The number of halogens is 2. The largest absolute Gasteiger partial charge is 0.368 e.